The number of nitrogens with one attached hydrogen (secondary N) is 1. The second-order valence-electron chi connectivity index (χ2n) is 4.23. The van der Waals surface area contributed by atoms with Crippen molar-refractivity contribution in [3.05, 3.63) is 16.1 Å². The summed E-state index contributed by atoms with van der Waals surface area (Å²) in [5.41, 5.74) is 0. The first-order chi connectivity index (χ1) is 8.08. The summed E-state index contributed by atoms with van der Waals surface area (Å²) >= 11 is 1.68. The van der Waals surface area contributed by atoms with Crippen LogP contribution in [0.2, 0.25) is 0 Å². The first-order valence-electron chi connectivity index (χ1n) is 5.91. The molecule has 1 atom stereocenters. The fourth-order valence-corrected chi connectivity index (χ4v) is 2.55. The third-order valence-corrected chi connectivity index (χ3v) is 3.76. The molecule has 1 amide bonds. The van der Waals surface area contributed by atoms with E-state index in [4.69, 9.17) is 0 Å². The number of amides is 1. The number of hydrogen-bond acceptors (Lipinski definition) is 4. The fourth-order valence-electron chi connectivity index (χ4n) is 1.64. The van der Waals surface area contributed by atoms with Crippen LogP contribution in [-0.4, -0.2) is 36.4 Å². The number of carbonyl (C=O) groups excluding carboxylic acids is 1. The SMILES string of the molecule is CCc1cnc(CN(C)C(=O)C(C)CNC)s1.Cl.Cl. The Morgan fingerprint density at radius 2 is 2.16 bits per heavy atom. The Kier molecular flexibility index (Phi) is 11.5. The molecule has 1 aromatic rings. The number of aromatic nitrogens is 1. The van der Waals surface area contributed by atoms with Gasteiger partial charge in [0.05, 0.1) is 6.54 Å². The molecule has 0 aliphatic heterocycles. The van der Waals surface area contributed by atoms with Crippen LogP contribution >= 0.6 is 36.2 Å². The summed E-state index contributed by atoms with van der Waals surface area (Å²) < 4.78 is 0. The summed E-state index contributed by atoms with van der Waals surface area (Å²) in [6, 6.07) is 0. The topological polar surface area (TPSA) is 45.2 Å². The minimum atomic E-state index is 0. The van der Waals surface area contributed by atoms with Crippen molar-refractivity contribution in [3.63, 3.8) is 0 Å². The standard InChI is InChI=1S/C12H21N3OS.2ClH/c1-5-10-7-14-11(17-10)8-15(4)12(16)9(2)6-13-3;;/h7,9,13H,5-6,8H2,1-4H3;2*1H. The first-order valence-corrected chi connectivity index (χ1v) is 6.73. The van der Waals surface area contributed by atoms with Gasteiger partial charge in [0.25, 0.3) is 0 Å². The van der Waals surface area contributed by atoms with E-state index in [9.17, 15) is 4.79 Å². The number of aryl methyl sites for hydroxylation is 1. The van der Waals surface area contributed by atoms with Crippen LogP contribution in [0.15, 0.2) is 6.20 Å². The molecule has 0 fully saturated rings. The lowest BCUT2D eigenvalue weighted by atomic mass is 10.1. The lowest BCUT2D eigenvalue weighted by molar-refractivity contribution is -0.134. The van der Waals surface area contributed by atoms with E-state index < -0.39 is 0 Å². The minimum Gasteiger partial charge on any atom is -0.339 e. The number of halogens is 2. The Morgan fingerprint density at radius 3 is 2.63 bits per heavy atom. The van der Waals surface area contributed by atoms with Gasteiger partial charge in [-0.1, -0.05) is 13.8 Å². The zero-order valence-corrected chi connectivity index (χ0v) is 14.3. The maximum Gasteiger partial charge on any atom is 0.226 e. The summed E-state index contributed by atoms with van der Waals surface area (Å²) in [5, 5.41) is 4.03. The van der Waals surface area contributed by atoms with Gasteiger partial charge < -0.3 is 10.2 Å². The third-order valence-electron chi connectivity index (χ3n) is 2.63. The molecular weight excluding hydrogens is 305 g/mol. The van der Waals surface area contributed by atoms with E-state index in [1.807, 2.05) is 27.2 Å². The Bertz CT molecular complexity index is 374. The van der Waals surface area contributed by atoms with Gasteiger partial charge in [-0.3, -0.25) is 4.79 Å². The molecule has 1 N–H and O–H groups in total. The summed E-state index contributed by atoms with van der Waals surface area (Å²) in [6.45, 7) is 5.37. The Balaban J connectivity index is 0. The molecule has 1 unspecified atom stereocenters. The average Bonchev–Trinajstić information content (AvgIpc) is 2.76. The van der Waals surface area contributed by atoms with Crippen molar-refractivity contribution in [2.24, 2.45) is 5.92 Å². The van der Waals surface area contributed by atoms with Crippen LogP contribution in [-0.2, 0) is 17.8 Å². The molecule has 7 heteroatoms. The molecule has 0 aliphatic rings. The van der Waals surface area contributed by atoms with Crippen LogP contribution in [0.5, 0.6) is 0 Å². The van der Waals surface area contributed by atoms with E-state index >= 15 is 0 Å². The Morgan fingerprint density at radius 1 is 1.53 bits per heavy atom. The van der Waals surface area contributed by atoms with Crippen molar-refractivity contribution < 1.29 is 4.79 Å². The van der Waals surface area contributed by atoms with Gasteiger partial charge in [-0.15, -0.1) is 36.2 Å². The molecule has 0 bridgehead atoms. The highest BCUT2D eigenvalue weighted by atomic mass is 35.5. The normalized spacial score (nSPS) is 11.2. The molecule has 0 aromatic carbocycles. The molecule has 1 rings (SSSR count). The van der Waals surface area contributed by atoms with Gasteiger partial charge >= 0.3 is 0 Å². The fraction of sp³-hybridized carbons (Fsp3) is 0.667. The van der Waals surface area contributed by atoms with Gasteiger partial charge in [-0.2, -0.15) is 0 Å². The third kappa shape index (κ3) is 6.56. The Labute approximate surface area is 131 Å². The van der Waals surface area contributed by atoms with Crippen LogP contribution in [0.25, 0.3) is 0 Å². The molecule has 0 aliphatic carbocycles. The van der Waals surface area contributed by atoms with E-state index in [2.05, 4.69) is 17.2 Å². The molecule has 0 saturated heterocycles. The van der Waals surface area contributed by atoms with Crippen molar-refractivity contribution >= 4 is 42.1 Å². The highest BCUT2D eigenvalue weighted by Crippen LogP contribution is 2.15. The summed E-state index contributed by atoms with van der Waals surface area (Å²) in [6.07, 6.45) is 2.90. The van der Waals surface area contributed by atoms with E-state index in [0.29, 0.717) is 13.1 Å². The molecule has 0 spiro atoms. The molecule has 1 heterocycles. The minimum absolute atomic E-state index is 0. The number of carbonyl (C=O) groups is 1. The molecule has 0 radical (unpaired) electrons. The lowest BCUT2D eigenvalue weighted by Gasteiger charge is -2.20. The summed E-state index contributed by atoms with van der Waals surface area (Å²) in [5.74, 6) is 0.170. The molecule has 1 aromatic heterocycles. The average molecular weight is 328 g/mol. The van der Waals surface area contributed by atoms with Crippen molar-refractivity contribution in [2.75, 3.05) is 20.6 Å². The number of rotatable bonds is 6. The molecule has 4 nitrogen and oxygen atoms in total. The van der Waals surface area contributed by atoms with Crippen molar-refractivity contribution in [1.29, 1.82) is 0 Å². The lowest BCUT2D eigenvalue weighted by Crippen LogP contribution is -2.35. The monoisotopic (exact) mass is 327 g/mol. The zero-order valence-electron chi connectivity index (χ0n) is 11.8. The maximum absolute atomic E-state index is 12.0. The predicted molar refractivity (Wildman–Crippen MR) is 85.6 cm³/mol. The van der Waals surface area contributed by atoms with E-state index in [-0.39, 0.29) is 36.6 Å². The van der Waals surface area contributed by atoms with Crippen LogP contribution in [0.4, 0.5) is 0 Å². The van der Waals surface area contributed by atoms with E-state index in [1.54, 1.807) is 16.2 Å². The highest BCUT2D eigenvalue weighted by Gasteiger charge is 2.17. The summed E-state index contributed by atoms with van der Waals surface area (Å²) in [7, 11) is 3.69. The molecule has 112 valence electrons. The molecule has 19 heavy (non-hydrogen) atoms. The van der Waals surface area contributed by atoms with Crippen LogP contribution < -0.4 is 5.32 Å². The smallest absolute Gasteiger partial charge is 0.226 e. The largest absolute Gasteiger partial charge is 0.339 e. The van der Waals surface area contributed by atoms with Crippen LogP contribution in [0.1, 0.15) is 23.7 Å². The van der Waals surface area contributed by atoms with Crippen molar-refractivity contribution in [1.82, 2.24) is 15.2 Å². The van der Waals surface area contributed by atoms with Gasteiger partial charge in [0.1, 0.15) is 5.01 Å². The summed E-state index contributed by atoms with van der Waals surface area (Å²) in [4.78, 5) is 19.3. The predicted octanol–water partition coefficient (Wildman–Crippen LogP) is 2.36. The van der Waals surface area contributed by atoms with Crippen LogP contribution in [0, 0.1) is 5.92 Å². The zero-order chi connectivity index (χ0) is 12.8. The Hall–Kier alpha value is -0.360. The van der Waals surface area contributed by atoms with Gasteiger partial charge in [0, 0.05) is 30.6 Å². The van der Waals surface area contributed by atoms with Gasteiger partial charge in [-0.05, 0) is 13.5 Å². The molecule has 0 saturated carbocycles. The maximum atomic E-state index is 12.0. The highest BCUT2D eigenvalue weighted by molar-refractivity contribution is 7.11. The van der Waals surface area contributed by atoms with Crippen LogP contribution in [0.3, 0.4) is 0 Å². The van der Waals surface area contributed by atoms with E-state index in [1.165, 1.54) is 4.88 Å². The number of hydrogen-bond donors (Lipinski definition) is 1. The number of nitrogens with zero attached hydrogens (tertiary/aromatic N) is 2. The quantitative estimate of drug-likeness (QED) is 0.872. The molecular formula is C12H23Cl2N3OS. The van der Waals surface area contributed by atoms with Gasteiger partial charge in [0.15, 0.2) is 0 Å². The van der Waals surface area contributed by atoms with Crippen molar-refractivity contribution in [3.8, 4) is 0 Å². The van der Waals surface area contributed by atoms with Gasteiger partial charge in [0.2, 0.25) is 5.91 Å². The van der Waals surface area contributed by atoms with Gasteiger partial charge in [-0.25, -0.2) is 4.98 Å². The van der Waals surface area contributed by atoms with Crippen molar-refractivity contribution in [2.45, 2.75) is 26.8 Å². The second-order valence-corrected chi connectivity index (χ2v) is 5.43. The first kappa shape index (κ1) is 20.9. The number of thiazole rings is 1. The second kappa shape index (κ2) is 10.4. The van der Waals surface area contributed by atoms with E-state index in [0.717, 1.165) is 11.4 Å².